The second-order valence-electron chi connectivity index (χ2n) is 2.35. The van der Waals surface area contributed by atoms with Gasteiger partial charge in [0, 0.05) is 12.6 Å². The monoisotopic (exact) mass is 245 g/mol. The first-order chi connectivity index (χ1) is 6.19. The van der Waals surface area contributed by atoms with Gasteiger partial charge in [-0.15, -0.1) is 0 Å². The number of hydrogen-bond acceptors (Lipinski definition) is 2. The molecule has 13 heavy (non-hydrogen) atoms. The van der Waals surface area contributed by atoms with Crippen LogP contribution in [0.5, 0.6) is 0 Å². The van der Waals surface area contributed by atoms with Gasteiger partial charge in [0.15, 0.2) is 0 Å². The third-order valence-corrected chi connectivity index (χ3v) is 2.20. The molecule has 0 heterocycles. The second kappa shape index (κ2) is 4.34. The second-order valence-corrected chi connectivity index (χ2v) is 3.20. The molecule has 1 aromatic carbocycles. The molecule has 1 rings (SSSR count). The van der Waals surface area contributed by atoms with Gasteiger partial charge < -0.3 is 5.43 Å². The van der Waals surface area contributed by atoms with Crippen molar-refractivity contribution in [3.63, 3.8) is 0 Å². The van der Waals surface area contributed by atoms with E-state index in [0.717, 1.165) is 0 Å². The number of hydrazine groups is 1. The van der Waals surface area contributed by atoms with E-state index in [1.807, 2.05) is 0 Å². The summed E-state index contributed by atoms with van der Waals surface area (Å²) in [5.74, 6) is 5.30. The molecule has 1 aromatic rings. The van der Waals surface area contributed by atoms with E-state index in [-0.39, 0.29) is 5.82 Å². The largest absolute Gasteiger partial charge is 0.308 e. The molecular weight excluding hydrogens is 237 g/mol. The molecule has 0 radical (unpaired) electrons. The maximum Gasteiger partial charge on any atom is 0.142 e. The van der Waals surface area contributed by atoms with Crippen molar-refractivity contribution in [2.75, 3.05) is 7.05 Å². The number of benzene rings is 1. The fraction of sp³-hybridized carbons (Fsp3) is 0.125. The summed E-state index contributed by atoms with van der Waals surface area (Å²) in [5.41, 5.74) is 3.00. The summed E-state index contributed by atoms with van der Waals surface area (Å²) >= 11 is 3.06. The molecule has 0 bridgehead atoms. The zero-order valence-corrected chi connectivity index (χ0v) is 8.60. The molecule has 3 nitrogen and oxygen atoms in total. The van der Waals surface area contributed by atoms with Crippen LogP contribution in [0.15, 0.2) is 27.7 Å². The van der Waals surface area contributed by atoms with Crippen LogP contribution < -0.4 is 11.3 Å². The Balaban J connectivity index is 3.10. The average Bonchev–Trinajstić information content (AvgIpc) is 2.13. The molecule has 0 amide bonds. The first-order valence-corrected chi connectivity index (χ1v) is 4.37. The Morgan fingerprint density at radius 3 is 2.77 bits per heavy atom. The first kappa shape index (κ1) is 10.1. The summed E-state index contributed by atoms with van der Waals surface area (Å²) in [6.45, 7) is 0. The highest BCUT2D eigenvalue weighted by atomic mass is 79.9. The van der Waals surface area contributed by atoms with Gasteiger partial charge in [0.05, 0.1) is 4.47 Å². The minimum Gasteiger partial charge on any atom is -0.308 e. The summed E-state index contributed by atoms with van der Waals surface area (Å²) in [4.78, 5) is 3.85. The van der Waals surface area contributed by atoms with E-state index in [1.165, 1.54) is 6.07 Å². The standard InChI is InChI=1S/C8H9BrFN3/c1-12-8(13-11)5-2-3-6(9)7(10)4-5/h2-4H,11H2,1H3,(H,12,13). The number of rotatable bonds is 1. The van der Waals surface area contributed by atoms with Gasteiger partial charge in [-0.1, -0.05) is 0 Å². The molecule has 0 aromatic heterocycles. The Morgan fingerprint density at radius 1 is 1.62 bits per heavy atom. The number of nitrogens with two attached hydrogens (primary N) is 1. The lowest BCUT2D eigenvalue weighted by molar-refractivity contribution is 0.620. The Bertz CT molecular complexity index is 338. The predicted octanol–water partition coefficient (Wildman–Crippen LogP) is 1.43. The minimum absolute atomic E-state index is 0.339. The predicted molar refractivity (Wildman–Crippen MR) is 53.9 cm³/mol. The van der Waals surface area contributed by atoms with E-state index in [9.17, 15) is 4.39 Å². The van der Waals surface area contributed by atoms with Crippen molar-refractivity contribution >= 4 is 21.8 Å². The molecule has 0 unspecified atom stereocenters. The topological polar surface area (TPSA) is 50.4 Å². The molecular formula is C8H9BrFN3. The Morgan fingerprint density at radius 2 is 2.31 bits per heavy atom. The molecule has 0 saturated heterocycles. The highest BCUT2D eigenvalue weighted by molar-refractivity contribution is 9.10. The molecule has 0 atom stereocenters. The van der Waals surface area contributed by atoms with Gasteiger partial charge in [0.2, 0.25) is 0 Å². The quantitative estimate of drug-likeness (QED) is 0.341. The maximum absolute atomic E-state index is 13.0. The van der Waals surface area contributed by atoms with Crippen LogP contribution in [0, 0.1) is 5.82 Å². The van der Waals surface area contributed by atoms with Crippen LogP contribution in [0.2, 0.25) is 0 Å². The van der Waals surface area contributed by atoms with Crippen LogP contribution in [0.4, 0.5) is 4.39 Å². The van der Waals surface area contributed by atoms with Crippen LogP contribution >= 0.6 is 15.9 Å². The SMILES string of the molecule is CN=C(NN)c1ccc(Br)c(F)c1. The summed E-state index contributed by atoms with van der Waals surface area (Å²) in [6.07, 6.45) is 0. The molecule has 3 N–H and O–H groups in total. The molecule has 0 aliphatic rings. The molecule has 0 aliphatic carbocycles. The lowest BCUT2D eigenvalue weighted by Crippen LogP contribution is -2.31. The maximum atomic E-state index is 13.0. The van der Waals surface area contributed by atoms with E-state index in [1.54, 1.807) is 19.2 Å². The van der Waals surface area contributed by atoms with E-state index in [4.69, 9.17) is 5.84 Å². The van der Waals surface area contributed by atoms with Crippen molar-refractivity contribution in [1.29, 1.82) is 0 Å². The van der Waals surface area contributed by atoms with Crippen molar-refractivity contribution in [3.05, 3.63) is 34.1 Å². The molecule has 0 spiro atoms. The van der Waals surface area contributed by atoms with Crippen LogP contribution in [0.1, 0.15) is 5.56 Å². The Hall–Kier alpha value is -0.940. The molecule has 0 fully saturated rings. The van der Waals surface area contributed by atoms with E-state index in [0.29, 0.717) is 15.9 Å². The minimum atomic E-state index is -0.339. The highest BCUT2D eigenvalue weighted by Gasteiger charge is 2.04. The molecule has 5 heteroatoms. The van der Waals surface area contributed by atoms with Crippen LogP contribution in [-0.4, -0.2) is 12.9 Å². The summed E-state index contributed by atoms with van der Waals surface area (Å²) in [5, 5.41) is 0. The lowest BCUT2D eigenvalue weighted by Gasteiger charge is -2.04. The third-order valence-electron chi connectivity index (χ3n) is 1.55. The summed E-state index contributed by atoms with van der Waals surface area (Å²) in [7, 11) is 1.58. The molecule has 0 saturated carbocycles. The highest BCUT2D eigenvalue weighted by Crippen LogP contribution is 2.16. The van der Waals surface area contributed by atoms with Crippen molar-refractivity contribution in [1.82, 2.24) is 5.43 Å². The van der Waals surface area contributed by atoms with Gasteiger partial charge in [-0.2, -0.15) is 0 Å². The van der Waals surface area contributed by atoms with Crippen molar-refractivity contribution in [3.8, 4) is 0 Å². The normalized spacial score (nSPS) is 11.5. The van der Waals surface area contributed by atoms with Crippen molar-refractivity contribution in [2.24, 2.45) is 10.8 Å². The number of amidine groups is 1. The smallest absolute Gasteiger partial charge is 0.142 e. The number of nitrogens with zero attached hydrogens (tertiary/aromatic N) is 1. The fourth-order valence-electron chi connectivity index (χ4n) is 0.920. The lowest BCUT2D eigenvalue weighted by atomic mass is 10.2. The van der Waals surface area contributed by atoms with Gasteiger partial charge in [-0.05, 0) is 34.1 Å². The number of aliphatic imine (C=N–C) groups is 1. The van der Waals surface area contributed by atoms with E-state index in [2.05, 4.69) is 26.3 Å². The Kier molecular flexibility index (Phi) is 3.39. The van der Waals surface area contributed by atoms with E-state index >= 15 is 0 Å². The Labute approximate surface area is 83.9 Å². The average molecular weight is 246 g/mol. The number of halogens is 2. The molecule has 70 valence electrons. The van der Waals surface area contributed by atoms with Gasteiger partial charge in [0.1, 0.15) is 11.7 Å². The summed E-state index contributed by atoms with van der Waals surface area (Å²) in [6, 6.07) is 4.68. The van der Waals surface area contributed by atoms with Crippen molar-refractivity contribution < 1.29 is 4.39 Å². The molecule has 0 aliphatic heterocycles. The van der Waals surface area contributed by atoms with Crippen LogP contribution in [0.25, 0.3) is 0 Å². The first-order valence-electron chi connectivity index (χ1n) is 3.58. The van der Waals surface area contributed by atoms with Gasteiger partial charge in [0.25, 0.3) is 0 Å². The number of hydrogen-bond donors (Lipinski definition) is 2. The fourth-order valence-corrected chi connectivity index (χ4v) is 1.17. The third kappa shape index (κ3) is 2.26. The van der Waals surface area contributed by atoms with Crippen LogP contribution in [0.3, 0.4) is 0 Å². The van der Waals surface area contributed by atoms with Crippen LogP contribution in [-0.2, 0) is 0 Å². The van der Waals surface area contributed by atoms with Gasteiger partial charge >= 0.3 is 0 Å². The number of nitrogens with one attached hydrogen (secondary N) is 1. The zero-order chi connectivity index (χ0) is 9.84. The van der Waals surface area contributed by atoms with Gasteiger partial charge in [-0.3, -0.25) is 4.99 Å². The summed E-state index contributed by atoms with van der Waals surface area (Å²) < 4.78 is 13.5. The van der Waals surface area contributed by atoms with E-state index < -0.39 is 0 Å². The van der Waals surface area contributed by atoms with Crippen molar-refractivity contribution in [2.45, 2.75) is 0 Å². The van der Waals surface area contributed by atoms with Gasteiger partial charge in [-0.25, -0.2) is 10.2 Å². The zero-order valence-electron chi connectivity index (χ0n) is 7.01.